The van der Waals surface area contributed by atoms with Crippen LogP contribution >= 0.6 is 11.6 Å². The monoisotopic (exact) mass is 314 g/mol. The quantitative estimate of drug-likeness (QED) is 0.760. The molecule has 0 N–H and O–H groups in total. The van der Waals surface area contributed by atoms with Gasteiger partial charge < -0.3 is 9.32 Å². The zero-order valence-electron chi connectivity index (χ0n) is 11.9. The van der Waals surface area contributed by atoms with Gasteiger partial charge >= 0.3 is 0 Å². The Morgan fingerprint density at radius 3 is 2.91 bits per heavy atom. The van der Waals surface area contributed by atoms with Gasteiger partial charge in [-0.3, -0.25) is 4.79 Å². The predicted molar refractivity (Wildman–Crippen MR) is 84.8 cm³/mol. The van der Waals surface area contributed by atoms with E-state index in [4.69, 9.17) is 21.3 Å². The Kier molecular flexibility index (Phi) is 5.81. The molecule has 112 valence electrons. The lowest BCUT2D eigenvalue weighted by Gasteiger charge is -2.18. The molecule has 1 aromatic carbocycles. The minimum Gasteiger partial charge on any atom is -0.467 e. The summed E-state index contributed by atoms with van der Waals surface area (Å²) in [6.45, 7) is 0.698. The molecule has 0 unspecified atom stereocenters. The average molecular weight is 315 g/mol. The molecule has 1 aromatic heterocycles. The van der Waals surface area contributed by atoms with Crippen LogP contribution in [-0.4, -0.2) is 17.4 Å². The van der Waals surface area contributed by atoms with Crippen LogP contribution in [0.2, 0.25) is 5.02 Å². The Balaban J connectivity index is 2.06. The third kappa shape index (κ3) is 4.80. The van der Waals surface area contributed by atoms with Crippen molar-refractivity contribution in [2.75, 3.05) is 6.54 Å². The molecule has 0 saturated carbocycles. The van der Waals surface area contributed by atoms with Crippen LogP contribution in [0.25, 0.3) is 6.08 Å². The van der Waals surface area contributed by atoms with Crippen LogP contribution in [0.5, 0.6) is 0 Å². The number of hydrogen-bond acceptors (Lipinski definition) is 3. The summed E-state index contributed by atoms with van der Waals surface area (Å²) in [7, 11) is 0. The van der Waals surface area contributed by atoms with Crippen LogP contribution < -0.4 is 0 Å². The van der Waals surface area contributed by atoms with E-state index < -0.39 is 0 Å². The minimum atomic E-state index is -0.174. The largest absolute Gasteiger partial charge is 0.467 e. The maximum absolute atomic E-state index is 12.3. The van der Waals surface area contributed by atoms with Crippen molar-refractivity contribution < 1.29 is 9.21 Å². The number of furan rings is 1. The van der Waals surface area contributed by atoms with Gasteiger partial charge in [0.25, 0.3) is 0 Å². The highest BCUT2D eigenvalue weighted by Crippen LogP contribution is 2.13. The van der Waals surface area contributed by atoms with E-state index in [1.807, 2.05) is 18.2 Å². The number of hydrogen-bond donors (Lipinski definition) is 0. The van der Waals surface area contributed by atoms with E-state index >= 15 is 0 Å². The molecule has 2 rings (SSSR count). The SMILES string of the molecule is N#CCCN(Cc1ccco1)C(=O)C=Cc1cccc(Cl)c1. The highest BCUT2D eigenvalue weighted by atomic mass is 35.5. The summed E-state index contributed by atoms with van der Waals surface area (Å²) in [6.07, 6.45) is 5.02. The number of nitrogens with zero attached hydrogens (tertiary/aromatic N) is 2. The van der Waals surface area contributed by atoms with E-state index in [2.05, 4.69) is 0 Å². The number of carbonyl (C=O) groups excluding carboxylic acids is 1. The standard InChI is InChI=1S/C17H15ClN2O2/c18-15-5-1-4-14(12-15)7-8-17(21)20(10-3-9-19)13-16-6-2-11-22-16/h1-2,4-8,11-12H,3,10,13H2. The summed E-state index contributed by atoms with van der Waals surface area (Å²) in [5, 5.41) is 9.33. The number of amides is 1. The van der Waals surface area contributed by atoms with Gasteiger partial charge in [0, 0.05) is 17.6 Å². The minimum absolute atomic E-state index is 0.174. The molecule has 0 radical (unpaired) electrons. The van der Waals surface area contributed by atoms with Gasteiger partial charge in [-0.1, -0.05) is 23.7 Å². The maximum atomic E-state index is 12.3. The first-order chi connectivity index (χ1) is 10.7. The van der Waals surface area contributed by atoms with Gasteiger partial charge in [0.2, 0.25) is 5.91 Å². The fourth-order valence-electron chi connectivity index (χ4n) is 1.93. The molecule has 5 heteroatoms. The molecular formula is C17H15ClN2O2. The Hall–Kier alpha value is -2.51. The highest BCUT2D eigenvalue weighted by molar-refractivity contribution is 6.30. The third-order valence-corrected chi connectivity index (χ3v) is 3.23. The summed E-state index contributed by atoms with van der Waals surface area (Å²) in [6, 6.07) is 12.8. The average Bonchev–Trinajstić information content (AvgIpc) is 3.02. The van der Waals surface area contributed by atoms with Crippen LogP contribution in [0.1, 0.15) is 17.7 Å². The second kappa shape index (κ2) is 8.06. The van der Waals surface area contributed by atoms with E-state index in [-0.39, 0.29) is 12.3 Å². The number of nitriles is 1. The first kappa shape index (κ1) is 15.9. The van der Waals surface area contributed by atoms with E-state index in [1.165, 1.54) is 6.08 Å². The molecule has 0 saturated heterocycles. The second-order valence-electron chi connectivity index (χ2n) is 4.64. The lowest BCUT2D eigenvalue weighted by molar-refractivity contribution is -0.126. The Bertz CT molecular complexity index is 687. The van der Waals surface area contributed by atoms with Crippen LogP contribution in [0.3, 0.4) is 0 Å². The Labute approximate surface area is 134 Å². The molecule has 0 bridgehead atoms. The van der Waals surface area contributed by atoms with Crippen molar-refractivity contribution in [2.24, 2.45) is 0 Å². The third-order valence-electron chi connectivity index (χ3n) is 3.00. The van der Waals surface area contributed by atoms with Crippen LogP contribution in [0, 0.1) is 11.3 Å². The van der Waals surface area contributed by atoms with Gasteiger partial charge in [0.05, 0.1) is 25.3 Å². The summed E-state index contributed by atoms with van der Waals surface area (Å²) in [5.74, 6) is 0.508. The summed E-state index contributed by atoms with van der Waals surface area (Å²) >= 11 is 5.91. The molecule has 0 aliphatic heterocycles. The van der Waals surface area contributed by atoms with Crippen molar-refractivity contribution in [1.29, 1.82) is 5.26 Å². The molecule has 2 aromatic rings. The van der Waals surface area contributed by atoms with Crippen LogP contribution in [-0.2, 0) is 11.3 Å². The molecule has 22 heavy (non-hydrogen) atoms. The summed E-state index contributed by atoms with van der Waals surface area (Å²) < 4.78 is 5.25. The second-order valence-corrected chi connectivity index (χ2v) is 5.07. The zero-order chi connectivity index (χ0) is 15.8. The molecule has 0 spiro atoms. The Morgan fingerprint density at radius 2 is 2.23 bits per heavy atom. The van der Waals surface area contributed by atoms with E-state index in [9.17, 15) is 4.79 Å². The van der Waals surface area contributed by atoms with Crippen LogP contribution in [0.4, 0.5) is 0 Å². The van der Waals surface area contributed by atoms with Crippen LogP contribution in [0.15, 0.2) is 53.2 Å². The van der Waals surface area contributed by atoms with Gasteiger partial charge in [0.15, 0.2) is 0 Å². The van der Waals surface area contributed by atoms with Crippen molar-refractivity contribution in [2.45, 2.75) is 13.0 Å². The highest BCUT2D eigenvalue weighted by Gasteiger charge is 2.12. The fourth-order valence-corrected chi connectivity index (χ4v) is 2.12. The summed E-state index contributed by atoms with van der Waals surface area (Å²) in [4.78, 5) is 13.9. The van der Waals surface area contributed by atoms with Gasteiger partial charge in [-0.15, -0.1) is 0 Å². The Morgan fingerprint density at radius 1 is 1.36 bits per heavy atom. The first-order valence-electron chi connectivity index (χ1n) is 6.81. The van der Waals surface area contributed by atoms with E-state index in [1.54, 1.807) is 41.5 Å². The zero-order valence-corrected chi connectivity index (χ0v) is 12.7. The lowest BCUT2D eigenvalue weighted by atomic mass is 10.2. The first-order valence-corrected chi connectivity index (χ1v) is 7.19. The topological polar surface area (TPSA) is 57.2 Å². The van der Waals surface area contributed by atoms with E-state index in [0.29, 0.717) is 23.9 Å². The molecule has 1 heterocycles. The number of carbonyl (C=O) groups is 1. The number of benzene rings is 1. The molecule has 0 atom stereocenters. The summed E-state index contributed by atoms with van der Waals surface area (Å²) in [5.41, 5.74) is 0.846. The molecular weight excluding hydrogens is 300 g/mol. The van der Waals surface area contributed by atoms with E-state index in [0.717, 1.165) is 5.56 Å². The lowest BCUT2D eigenvalue weighted by Crippen LogP contribution is -2.29. The molecule has 0 aliphatic carbocycles. The molecule has 4 nitrogen and oxygen atoms in total. The van der Waals surface area contributed by atoms with Gasteiger partial charge in [-0.05, 0) is 35.9 Å². The predicted octanol–water partition coefficient (Wildman–Crippen LogP) is 3.89. The molecule has 0 fully saturated rings. The van der Waals surface area contributed by atoms with Gasteiger partial charge in [-0.25, -0.2) is 0 Å². The molecule has 0 aliphatic rings. The van der Waals surface area contributed by atoms with Gasteiger partial charge in [0.1, 0.15) is 5.76 Å². The van der Waals surface area contributed by atoms with Crippen molar-refractivity contribution >= 4 is 23.6 Å². The number of rotatable bonds is 6. The maximum Gasteiger partial charge on any atom is 0.247 e. The van der Waals surface area contributed by atoms with Crippen molar-refractivity contribution in [3.8, 4) is 6.07 Å². The van der Waals surface area contributed by atoms with Gasteiger partial charge in [-0.2, -0.15) is 5.26 Å². The molecule has 1 amide bonds. The van der Waals surface area contributed by atoms with Crippen molar-refractivity contribution in [3.05, 3.63) is 65.1 Å². The normalized spacial score (nSPS) is 10.5. The fraction of sp³-hybridized carbons (Fsp3) is 0.176. The smallest absolute Gasteiger partial charge is 0.247 e. The number of halogens is 1. The van der Waals surface area contributed by atoms with Crippen molar-refractivity contribution in [3.63, 3.8) is 0 Å². The van der Waals surface area contributed by atoms with Crippen molar-refractivity contribution in [1.82, 2.24) is 4.90 Å².